The zero-order valence-corrected chi connectivity index (χ0v) is 15.3. The molecule has 3 N–H and O–H groups in total. The lowest BCUT2D eigenvalue weighted by Crippen LogP contribution is -2.29. The van der Waals surface area contributed by atoms with Crippen LogP contribution in [0.4, 0.5) is 11.6 Å². The minimum absolute atomic E-state index is 0.0138. The number of rotatable bonds is 3. The first-order valence-electron chi connectivity index (χ1n) is 8.25. The molecule has 140 valence electrons. The van der Waals surface area contributed by atoms with E-state index in [1.807, 2.05) is 17.5 Å². The van der Waals surface area contributed by atoms with Crippen molar-refractivity contribution in [3.63, 3.8) is 0 Å². The second kappa shape index (κ2) is 6.16. The van der Waals surface area contributed by atoms with Gasteiger partial charge < -0.3 is 15.2 Å². The molecule has 0 saturated heterocycles. The Bertz CT molecular complexity index is 1230. The van der Waals surface area contributed by atoms with Gasteiger partial charge in [0.15, 0.2) is 11.5 Å². The molecule has 0 fully saturated rings. The monoisotopic (exact) mass is 395 g/mol. The Morgan fingerprint density at radius 1 is 1.32 bits per heavy atom. The number of tetrazole rings is 1. The van der Waals surface area contributed by atoms with Crippen LogP contribution in [0.3, 0.4) is 0 Å². The van der Waals surface area contributed by atoms with Crippen molar-refractivity contribution in [2.24, 2.45) is 0 Å². The number of aromatic hydroxyl groups is 1. The first-order chi connectivity index (χ1) is 13.7. The number of ether oxygens (including phenoxy) is 1. The van der Waals surface area contributed by atoms with E-state index in [2.05, 4.69) is 31.0 Å². The summed E-state index contributed by atoms with van der Waals surface area (Å²) in [6, 6.07) is 8.27. The highest BCUT2D eigenvalue weighted by atomic mass is 32.1. The standard InChI is InChI=1S/C17H13N7O3S/c1-27-10-7-8(4-5-9(10)25)15-12-13(11-3-2-6-28-11)19-20-16(26)14(12)18-17-21-22-23-24(15)17/h2-7,15,25H,1H3,(H,20,26)(H,18,21,23)/t15-/m0/s1. The number of H-pyrrole nitrogens is 1. The molecule has 0 amide bonds. The van der Waals surface area contributed by atoms with Gasteiger partial charge >= 0.3 is 0 Å². The minimum atomic E-state index is -0.539. The molecule has 0 radical (unpaired) electrons. The van der Waals surface area contributed by atoms with Crippen LogP contribution in [0.15, 0.2) is 40.5 Å². The van der Waals surface area contributed by atoms with Gasteiger partial charge in [0.05, 0.1) is 12.0 Å². The fourth-order valence-electron chi connectivity index (χ4n) is 3.31. The number of methoxy groups -OCH3 is 1. The lowest BCUT2D eigenvalue weighted by Gasteiger charge is -2.27. The van der Waals surface area contributed by atoms with E-state index in [1.165, 1.54) is 24.5 Å². The molecule has 4 aromatic rings. The summed E-state index contributed by atoms with van der Waals surface area (Å²) < 4.78 is 6.83. The second-order valence-electron chi connectivity index (χ2n) is 6.07. The molecule has 0 bridgehead atoms. The number of fused-ring (bicyclic) bond motifs is 2. The predicted molar refractivity (Wildman–Crippen MR) is 101 cm³/mol. The number of phenols is 1. The molecule has 3 aromatic heterocycles. The van der Waals surface area contributed by atoms with Crippen LogP contribution in [-0.4, -0.2) is 42.6 Å². The number of aromatic amines is 1. The van der Waals surface area contributed by atoms with Gasteiger partial charge in [0.25, 0.3) is 5.56 Å². The summed E-state index contributed by atoms with van der Waals surface area (Å²) in [6.07, 6.45) is 0. The van der Waals surface area contributed by atoms with Crippen molar-refractivity contribution in [1.29, 1.82) is 0 Å². The Hall–Kier alpha value is -3.73. The van der Waals surface area contributed by atoms with Crippen LogP contribution in [0.5, 0.6) is 11.5 Å². The van der Waals surface area contributed by atoms with Gasteiger partial charge in [-0.3, -0.25) is 4.79 Å². The zero-order valence-electron chi connectivity index (χ0n) is 14.4. The van der Waals surface area contributed by atoms with E-state index in [0.29, 0.717) is 28.6 Å². The molecule has 0 saturated carbocycles. The molecule has 0 aliphatic carbocycles. The lowest BCUT2D eigenvalue weighted by molar-refractivity contribution is 0.372. The van der Waals surface area contributed by atoms with Crippen molar-refractivity contribution in [2.75, 3.05) is 12.4 Å². The quantitative estimate of drug-likeness (QED) is 0.422. The maximum atomic E-state index is 12.6. The van der Waals surface area contributed by atoms with Crippen molar-refractivity contribution < 1.29 is 9.84 Å². The number of anilines is 2. The zero-order chi connectivity index (χ0) is 19.3. The third kappa shape index (κ3) is 2.36. The number of hydrogen-bond donors (Lipinski definition) is 3. The van der Waals surface area contributed by atoms with Gasteiger partial charge in [-0.25, -0.2) is 5.10 Å². The van der Waals surface area contributed by atoms with Crippen molar-refractivity contribution in [2.45, 2.75) is 6.04 Å². The summed E-state index contributed by atoms with van der Waals surface area (Å²) in [7, 11) is 1.47. The van der Waals surface area contributed by atoms with Gasteiger partial charge in [0.2, 0.25) is 5.95 Å². The number of nitrogens with zero attached hydrogens (tertiary/aromatic N) is 5. The molecule has 11 heteroatoms. The van der Waals surface area contributed by atoms with Crippen LogP contribution >= 0.6 is 11.3 Å². The van der Waals surface area contributed by atoms with E-state index in [4.69, 9.17) is 4.74 Å². The number of phenolic OH excluding ortho intramolecular Hbond substituents is 1. The van der Waals surface area contributed by atoms with Crippen LogP contribution in [0.25, 0.3) is 10.6 Å². The summed E-state index contributed by atoms with van der Waals surface area (Å²) in [6.45, 7) is 0. The smallest absolute Gasteiger partial charge is 0.288 e. The summed E-state index contributed by atoms with van der Waals surface area (Å²) in [5.41, 5.74) is 1.95. The molecule has 1 atom stereocenters. The van der Waals surface area contributed by atoms with E-state index in [9.17, 15) is 9.90 Å². The fraction of sp³-hybridized carbons (Fsp3) is 0.118. The highest BCUT2D eigenvalue weighted by Crippen LogP contribution is 2.43. The normalized spacial score (nSPS) is 14.8. The number of thiophene rings is 1. The van der Waals surface area contributed by atoms with E-state index < -0.39 is 6.04 Å². The molecule has 1 aliphatic heterocycles. The van der Waals surface area contributed by atoms with Gasteiger partial charge in [-0.15, -0.1) is 11.3 Å². The van der Waals surface area contributed by atoms with Gasteiger partial charge in [0.1, 0.15) is 17.4 Å². The van der Waals surface area contributed by atoms with E-state index >= 15 is 0 Å². The largest absolute Gasteiger partial charge is 0.504 e. The van der Waals surface area contributed by atoms with Gasteiger partial charge in [0, 0.05) is 5.56 Å². The Morgan fingerprint density at radius 3 is 3.00 bits per heavy atom. The van der Waals surface area contributed by atoms with Gasteiger partial charge in [-0.2, -0.15) is 9.78 Å². The third-order valence-corrected chi connectivity index (χ3v) is 5.42. The topological polar surface area (TPSA) is 131 Å². The average Bonchev–Trinajstić information content (AvgIpc) is 3.39. The maximum absolute atomic E-state index is 12.6. The van der Waals surface area contributed by atoms with Crippen LogP contribution < -0.4 is 15.6 Å². The van der Waals surface area contributed by atoms with Gasteiger partial charge in [-0.05, 0) is 39.6 Å². The SMILES string of the molecule is COc1cc([C@H]2c3c(-c4cccs4)n[nH]c(=O)c3Nc3nnnn32)ccc1O. The third-order valence-electron chi connectivity index (χ3n) is 4.54. The molecule has 5 rings (SSSR count). The minimum Gasteiger partial charge on any atom is -0.504 e. The van der Waals surface area contributed by atoms with E-state index in [1.54, 1.807) is 16.8 Å². The van der Waals surface area contributed by atoms with Crippen LogP contribution in [-0.2, 0) is 0 Å². The summed E-state index contributed by atoms with van der Waals surface area (Å²) >= 11 is 1.51. The predicted octanol–water partition coefficient (Wildman–Crippen LogP) is 1.89. The fourth-order valence-corrected chi connectivity index (χ4v) is 4.04. The first-order valence-corrected chi connectivity index (χ1v) is 9.13. The number of benzene rings is 1. The number of aromatic nitrogens is 6. The summed E-state index contributed by atoms with van der Waals surface area (Å²) in [4.78, 5) is 13.4. The van der Waals surface area contributed by atoms with Crippen molar-refractivity contribution in [1.82, 2.24) is 30.4 Å². The number of hydrogen-bond acceptors (Lipinski definition) is 9. The molecule has 0 unspecified atom stereocenters. The van der Waals surface area contributed by atoms with Crippen molar-refractivity contribution in [3.05, 3.63) is 57.2 Å². The molecule has 1 aromatic carbocycles. The Kier molecular flexibility index (Phi) is 3.62. The molecular formula is C17H13N7O3S. The van der Waals surface area contributed by atoms with Gasteiger partial charge in [-0.1, -0.05) is 17.2 Å². The maximum Gasteiger partial charge on any atom is 0.288 e. The second-order valence-corrected chi connectivity index (χ2v) is 7.02. The number of nitrogens with one attached hydrogen (secondary N) is 2. The highest BCUT2D eigenvalue weighted by molar-refractivity contribution is 7.13. The molecule has 28 heavy (non-hydrogen) atoms. The van der Waals surface area contributed by atoms with Crippen molar-refractivity contribution >= 4 is 23.0 Å². The molecule has 1 aliphatic rings. The van der Waals surface area contributed by atoms with Crippen molar-refractivity contribution in [3.8, 4) is 22.1 Å². The molecule has 0 spiro atoms. The molecule has 10 nitrogen and oxygen atoms in total. The Labute approximate surface area is 161 Å². The summed E-state index contributed by atoms with van der Waals surface area (Å²) in [5.74, 6) is 0.654. The highest BCUT2D eigenvalue weighted by Gasteiger charge is 2.34. The molecular weight excluding hydrogens is 382 g/mol. The van der Waals surface area contributed by atoms with Crippen LogP contribution in [0.2, 0.25) is 0 Å². The Balaban J connectivity index is 1.82. The van der Waals surface area contributed by atoms with Crippen LogP contribution in [0.1, 0.15) is 17.2 Å². The molecule has 4 heterocycles. The average molecular weight is 395 g/mol. The Morgan fingerprint density at radius 2 is 2.21 bits per heavy atom. The summed E-state index contributed by atoms with van der Waals surface area (Å²) in [5, 5.41) is 33.5. The lowest BCUT2D eigenvalue weighted by atomic mass is 9.94. The van der Waals surface area contributed by atoms with E-state index in [0.717, 1.165) is 10.4 Å². The van der Waals surface area contributed by atoms with Crippen LogP contribution in [0, 0.1) is 0 Å². The van der Waals surface area contributed by atoms with E-state index in [-0.39, 0.29) is 11.3 Å². The first kappa shape index (κ1) is 16.4.